The molecule has 1 unspecified atom stereocenters. The van der Waals surface area contributed by atoms with Crippen molar-refractivity contribution >= 4 is 21.7 Å². The summed E-state index contributed by atoms with van der Waals surface area (Å²) in [4.78, 5) is 37.3. The van der Waals surface area contributed by atoms with Crippen LogP contribution in [-0.2, 0) is 9.47 Å². The van der Waals surface area contributed by atoms with Crippen LogP contribution >= 0.6 is 15.9 Å². The minimum atomic E-state index is -0.856. The largest absolute Gasteiger partial charge is 0.497 e. The molecule has 1 saturated heterocycles. The number of nitrogens with zero attached hydrogens (tertiary/aromatic N) is 1. The molecule has 0 spiro atoms. The van der Waals surface area contributed by atoms with Crippen molar-refractivity contribution in [1.29, 1.82) is 0 Å². The molecule has 1 aromatic carbocycles. The van der Waals surface area contributed by atoms with E-state index in [2.05, 4.69) is 20.9 Å². The van der Waals surface area contributed by atoms with Crippen molar-refractivity contribution < 1.29 is 19.4 Å². The van der Waals surface area contributed by atoms with Crippen LogP contribution in [0.3, 0.4) is 0 Å². The zero-order valence-corrected chi connectivity index (χ0v) is 15.7. The van der Waals surface area contributed by atoms with Gasteiger partial charge in [0, 0.05) is 24.2 Å². The highest BCUT2D eigenvalue weighted by molar-refractivity contribution is 9.12. The van der Waals surface area contributed by atoms with Crippen LogP contribution in [0.15, 0.2) is 62.9 Å². The van der Waals surface area contributed by atoms with E-state index in [4.69, 9.17) is 9.47 Å². The normalized spacial score (nSPS) is 22.6. The van der Waals surface area contributed by atoms with E-state index in [9.17, 15) is 19.5 Å². The lowest BCUT2D eigenvalue weighted by Crippen LogP contribution is -2.31. The van der Waals surface area contributed by atoms with Crippen LogP contribution in [0.2, 0.25) is 0 Å². The smallest absolute Gasteiger partial charge is 0.330 e. The minimum absolute atomic E-state index is 0.00700. The molecule has 1 fully saturated rings. The first-order valence-electron chi connectivity index (χ1n) is 8.17. The highest BCUT2D eigenvalue weighted by atomic mass is 79.9. The van der Waals surface area contributed by atoms with Crippen molar-refractivity contribution in [3.63, 3.8) is 0 Å². The SMILES string of the molecule is O=C(C(Br)=COC[C@@H]1O[C@H](n2ccc(=O)[nH]c2=O)CC1O)c1ccccc1. The maximum Gasteiger partial charge on any atom is 0.330 e. The van der Waals surface area contributed by atoms with Crippen LogP contribution in [0.1, 0.15) is 23.0 Å². The van der Waals surface area contributed by atoms with Crippen molar-refractivity contribution in [3.05, 3.63) is 79.7 Å². The second kappa shape index (κ2) is 8.47. The van der Waals surface area contributed by atoms with Crippen molar-refractivity contribution in [3.8, 4) is 0 Å². The Bertz CT molecular complexity index is 952. The van der Waals surface area contributed by atoms with Gasteiger partial charge in [-0.25, -0.2) is 4.79 Å². The molecular formula is C18H17BrN2O6. The van der Waals surface area contributed by atoms with Gasteiger partial charge in [-0.1, -0.05) is 30.3 Å². The summed E-state index contributed by atoms with van der Waals surface area (Å²) in [6, 6.07) is 9.91. The maximum atomic E-state index is 12.2. The van der Waals surface area contributed by atoms with Crippen LogP contribution < -0.4 is 11.2 Å². The molecule has 0 radical (unpaired) electrons. The maximum absolute atomic E-state index is 12.2. The molecule has 0 saturated carbocycles. The number of nitrogens with one attached hydrogen (secondary N) is 1. The molecule has 3 atom stereocenters. The third-order valence-corrected chi connectivity index (χ3v) is 4.61. The Balaban J connectivity index is 1.59. The summed E-state index contributed by atoms with van der Waals surface area (Å²) < 4.78 is 12.4. The zero-order chi connectivity index (χ0) is 19.4. The highest BCUT2D eigenvalue weighted by Crippen LogP contribution is 2.27. The Kier molecular flexibility index (Phi) is 6.04. The standard InChI is InChI=1S/C18H17BrN2O6/c19-12(17(24)11-4-2-1-3-5-11)9-26-10-14-13(22)8-16(27-14)21-7-6-15(23)20-18(21)25/h1-7,9,13-14,16,22H,8,10H2,(H,20,23,25)/t13?,14-,16-/m0/s1. The molecule has 0 bridgehead atoms. The molecule has 0 aliphatic carbocycles. The number of carbonyl (C=O) groups is 1. The first kappa shape index (κ1) is 19.3. The first-order chi connectivity index (χ1) is 13.0. The lowest BCUT2D eigenvalue weighted by molar-refractivity contribution is -0.0486. The van der Waals surface area contributed by atoms with E-state index in [-0.39, 0.29) is 23.3 Å². The van der Waals surface area contributed by atoms with Gasteiger partial charge < -0.3 is 14.6 Å². The Labute approximate surface area is 162 Å². The number of allylic oxidation sites excluding steroid dienone is 1. The van der Waals surface area contributed by atoms with E-state index >= 15 is 0 Å². The van der Waals surface area contributed by atoms with Crippen LogP contribution in [0, 0.1) is 0 Å². The number of aromatic amines is 1. The van der Waals surface area contributed by atoms with E-state index in [1.807, 2.05) is 6.07 Å². The number of aliphatic hydroxyl groups is 1. The van der Waals surface area contributed by atoms with Gasteiger partial charge in [-0.15, -0.1) is 0 Å². The van der Waals surface area contributed by atoms with Gasteiger partial charge in [0.15, 0.2) is 0 Å². The van der Waals surface area contributed by atoms with Crippen LogP contribution in [0.4, 0.5) is 0 Å². The quantitative estimate of drug-likeness (QED) is 0.401. The number of aromatic nitrogens is 2. The van der Waals surface area contributed by atoms with E-state index in [0.29, 0.717) is 5.56 Å². The number of benzene rings is 1. The summed E-state index contributed by atoms with van der Waals surface area (Å²) >= 11 is 3.17. The second-order valence-electron chi connectivity index (χ2n) is 5.94. The molecule has 2 N–H and O–H groups in total. The average molecular weight is 437 g/mol. The number of ether oxygens (including phenoxy) is 2. The van der Waals surface area contributed by atoms with E-state index < -0.39 is 29.7 Å². The number of hydrogen-bond donors (Lipinski definition) is 2. The number of rotatable bonds is 6. The van der Waals surface area contributed by atoms with Gasteiger partial charge in [0.2, 0.25) is 5.78 Å². The van der Waals surface area contributed by atoms with E-state index in [1.54, 1.807) is 24.3 Å². The second-order valence-corrected chi connectivity index (χ2v) is 6.80. The van der Waals surface area contributed by atoms with Gasteiger partial charge in [0.1, 0.15) is 25.2 Å². The Morgan fingerprint density at radius 1 is 1.33 bits per heavy atom. The topological polar surface area (TPSA) is 111 Å². The Morgan fingerprint density at radius 2 is 2.07 bits per heavy atom. The van der Waals surface area contributed by atoms with Gasteiger partial charge in [0.25, 0.3) is 5.56 Å². The van der Waals surface area contributed by atoms with E-state index in [0.717, 1.165) is 0 Å². The van der Waals surface area contributed by atoms with Crippen molar-refractivity contribution in [2.45, 2.75) is 24.9 Å². The summed E-state index contributed by atoms with van der Waals surface area (Å²) in [5, 5.41) is 10.1. The molecule has 8 nitrogen and oxygen atoms in total. The minimum Gasteiger partial charge on any atom is -0.497 e. The van der Waals surface area contributed by atoms with Crippen molar-refractivity contribution in [2.75, 3.05) is 6.61 Å². The summed E-state index contributed by atoms with van der Waals surface area (Å²) in [5.41, 5.74) is -0.607. The monoisotopic (exact) mass is 436 g/mol. The zero-order valence-electron chi connectivity index (χ0n) is 14.1. The van der Waals surface area contributed by atoms with Gasteiger partial charge in [0.05, 0.1) is 10.6 Å². The molecule has 2 aromatic rings. The van der Waals surface area contributed by atoms with Crippen LogP contribution in [-0.4, -0.2) is 39.3 Å². The third kappa shape index (κ3) is 4.62. The predicted molar refractivity (Wildman–Crippen MR) is 99.6 cm³/mol. The molecule has 3 rings (SSSR count). The number of carbonyl (C=O) groups excluding carboxylic acids is 1. The lowest BCUT2D eigenvalue weighted by Gasteiger charge is -2.15. The number of hydrogen-bond acceptors (Lipinski definition) is 6. The molecule has 1 aromatic heterocycles. The number of Topliss-reactive ketones (excluding diaryl/α,β-unsaturated/α-hetero) is 1. The molecular weight excluding hydrogens is 420 g/mol. The van der Waals surface area contributed by atoms with Gasteiger partial charge in [-0.3, -0.25) is 19.1 Å². The third-order valence-electron chi connectivity index (χ3n) is 4.07. The molecule has 142 valence electrons. The number of H-pyrrole nitrogens is 1. The van der Waals surface area contributed by atoms with Gasteiger partial charge in [-0.05, 0) is 15.9 Å². The highest BCUT2D eigenvalue weighted by Gasteiger charge is 2.35. The van der Waals surface area contributed by atoms with Gasteiger partial charge >= 0.3 is 5.69 Å². The molecule has 2 heterocycles. The Hall–Kier alpha value is -2.49. The van der Waals surface area contributed by atoms with Crippen LogP contribution in [0.25, 0.3) is 0 Å². The first-order valence-corrected chi connectivity index (χ1v) is 8.97. The summed E-state index contributed by atoms with van der Waals surface area (Å²) in [7, 11) is 0. The fourth-order valence-electron chi connectivity index (χ4n) is 2.69. The number of aliphatic hydroxyl groups excluding tert-OH is 1. The van der Waals surface area contributed by atoms with Crippen molar-refractivity contribution in [2.24, 2.45) is 0 Å². The lowest BCUT2D eigenvalue weighted by atomic mass is 10.1. The van der Waals surface area contributed by atoms with Crippen molar-refractivity contribution in [1.82, 2.24) is 9.55 Å². The van der Waals surface area contributed by atoms with Gasteiger partial charge in [-0.2, -0.15) is 0 Å². The molecule has 9 heteroatoms. The summed E-state index contributed by atoms with van der Waals surface area (Å²) in [5.74, 6) is -0.235. The average Bonchev–Trinajstić information content (AvgIpc) is 3.02. The Morgan fingerprint density at radius 3 is 2.78 bits per heavy atom. The number of halogens is 1. The molecule has 1 aliphatic heterocycles. The van der Waals surface area contributed by atoms with E-state index in [1.165, 1.54) is 23.1 Å². The molecule has 1 aliphatic rings. The number of ketones is 1. The summed E-state index contributed by atoms with van der Waals surface area (Å²) in [6.45, 7) is -0.00700. The summed E-state index contributed by atoms with van der Waals surface area (Å²) in [6.07, 6.45) is 0.495. The fraction of sp³-hybridized carbons (Fsp3) is 0.278. The molecule has 0 amide bonds. The predicted octanol–water partition coefficient (Wildman–Crippen LogP) is 1.32. The van der Waals surface area contributed by atoms with Crippen LogP contribution in [0.5, 0.6) is 0 Å². The fourth-order valence-corrected chi connectivity index (χ4v) is 3.05. The molecule has 27 heavy (non-hydrogen) atoms.